The first-order valence-corrected chi connectivity index (χ1v) is 6.82. The van der Waals surface area contributed by atoms with E-state index in [0.29, 0.717) is 31.4 Å². The van der Waals surface area contributed by atoms with Gasteiger partial charge in [-0.15, -0.1) is 0 Å². The van der Waals surface area contributed by atoms with Crippen LogP contribution in [0.3, 0.4) is 0 Å². The summed E-state index contributed by atoms with van der Waals surface area (Å²) in [6.07, 6.45) is 0.705. The van der Waals surface area contributed by atoms with Gasteiger partial charge in [0.15, 0.2) is 17.5 Å². The van der Waals surface area contributed by atoms with Gasteiger partial charge < -0.3 is 20.8 Å². The molecule has 1 aliphatic rings. The highest BCUT2D eigenvalue weighted by Crippen LogP contribution is 2.25. The van der Waals surface area contributed by atoms with Gasteiger partial charge in [0.2, 0.25) is 5.96 Å². The molecule has 1 aromatic rings. The van der Waals surface area contributed by atoms with Crippen LogP contribution in [0.4, 0.5) is 0 Å². The van der Waals surface area contributed by atoms with Crippen LogP contribution in [-0.4, -0.2) is 53.2 Å². The number of aromatic hydroxyl groups is 2. The number of likely N-dealkylation sites (N-methyl/N-ethyl adjacent to an activating group) is 1. The fourth-order valence-electron chi connectivity index (χ4n) is 1.99. The van der Waals surface area contributed by atoms with Crippen LogP contribution in [0.25, 0.3) is 0 Å². The van der Waals surface area contributed by atoms with Crippen LogP contribution in [0.15, 0.2) is 28.2 Å². The lowest BCUT2D eigenvalue weighted by Gasteiger charge is -2.21. The fraction of sp³-hybridized carbons (Fsp3) is 0.429. The highest BCUT2D eigenvalue weighted by atomic mass is 16.3. The maximum Gasteiger partial charge on any atom is 0.200 e. The molecule has 2 rings (SSSR count). The number of rotatable bonds is 3. The average molecular weight is 291 g/mol. The Morgan fingerprint density at radius 3 is 2.86 bits per heavy atom. The lowest BCUT2D eigenvalue weighted by atomic mass is 10.1. The largest absolute Gasteiger partial charge is 0.504 e. The molecular weight excluding hydrogens is 270 g/mol. The number of benzene rings is 1. The van der Waals surface area contributed by atoms with Crippen molar-refractivity contribution in [3.05, 3.63) is 23.8 Å². The summed E-state index contributed by atoms with van der Waals surface area (Å²) in [5.74, 6) is 0.835. The van der Waals surface area contributed by atoms with Crippen LogP contribution in [0.5, 0.6) is 11.5 Å². The monoisotopic (exact) mass is 291 g/mol. The summed E-state index contributed by atoms with van der Waals surface area (Å²) in [5.41, 5.74) is 6.67. The molecule has 0 saturated carbocycles. The molecule has 1 unspecified atom stereocenters. The summed E-state index contributed by atoms with van der Waals surface area (Å²) < 4.78 is 0. The number of nitrogens with one attached hydrogen (secondary N) is 1. The van der Waals surface area contributed by atoms with Gasteiger partial charge in [0.05, 0.1) is 12.6 Å². The van der Waals surface area contributed by atoms with E-state index in [0.717, 1.165) is 5.56 Å². The molecule has 0 fully saturated rings. The van der Waals surface area contributed by atoms with Gasteiger partial charge in [-0.25, -0.2) is 4.99 Å². The molecule has 0 spiro atoms. The van der Waals surface area contributed by atoms with E-state index in [-0.39, 0.29) is 17.5 Å². The van der Waals surface area contributed by atoms with Crippen molar-refractivity contribution in [2.45, 2.75) is 19.4 Å². The van der Waals surface area contributed by atoms with Crippen LogP contribution in [-0.2, 0) is 6.42 Å². The number of nitrogens with two attached hydrogens (primary N) is 1. The van der Waals surface area contributed by atoms with Crippen LogP contribution < -0.4 is 11.1 Å². The Morgan fingerprint density at radius 2 is 2.14 bits per heavy atom. The molecule has 0 radical (unpaired) electrons. The predicted molar refractivity (Wildman–Crippen MR) is 82.6 cm³/mol. The predicted octanol–water partition coefficient (Wildman–Crippen LogP) is 0.235. The SMILES string of the molecule is CC1CN=C(N)NC(N(C)CCc2ccc(O)c(O)c2)=N1. The Morgan fingerprint density at radius 1 is 1.38 bits per heavy atom. The summed E-state index contributed by atoms with van der Waals surface area (Å²) in [5, 5.41) is 21.8. The van der Waals surface area contributed by atoms with Gasteiger partial charge in [-0.1, -0.05) is 6.07 Å². The van der Waals surface area contributed by atoms with Crippen LogP contribution in [0, 0.1) is 0 Å². The third-order valence-electron chi connectivity index (χ3n) is 3.25. The highest BCUT2D eigenvalue weighted by molar-refractivity contribution is 5.98. The Balaban J connectivity index is 1.99. The van der Waals surface area contributed by atoms with Crippen molar-refractivity contribution in [2.24, 2.45) is 15.7 Å². The second-order valence-electron chi connectivity index (χ2n) is 5.15. The zero-order valence-electron chi connectivity index (χ0n) is 12.2. The lowest BCUT2D eigenvalue weighted by Crippen LogP contribution is -2.45. The summed E-state index contributed by atoms with van der Waals surface area (Å²) >= 11 is 0. The quantitative estimate of drug-likeness (QED) is 0.597. The number of phenols is 2. The molecule has 0 saturated heterocycles. The topological polar surface area (TPSA) is 106 Å². The standard InChI is InChI=1S/C14H21N5O2/c1-9-8-16-13(15)18-14(17-9)19(2)6-5-10-3-4-11(20)12(21)7-10/h3-4,7,9,20-21H,5-6,8H2,1-2H3,(H3,15,16,17,18). The molecule has 0 bridgehead atoms. The fourth-order valence-corrected chi connectivity index (χ4v) is 1.99. The number of nitrogens with zero attached hydrogens (tertiary/aromatic N) is 3. The van der Waals surface area contributed by atoms with Gasteiger partial charge in [-0.2, -0.15) is 0 Å². The van der Waals surface area contributed by atoms with E-state index >= 15 is 0 Å². The van der Waals surface area contributed by atoms with E-state index in [4.69, 9.17) is 5.73 Å². The Labute approximate surface area is 123 Å². The number of phenolic OH excluding ortho intramolecular Hbond substituents is 2. The van der Waals surface area contributed by atoms with E-state index in [1.54, 1.807) is 12.1 Å². The first-order valence-electron chi connectivity index (χ1n) is 6.82. The Hall–Kier alpha value is -2.44. The van der Waals surface area contributed by atoms with Crippen molar-refractivity contribution < 1.29 is 10.2 Å². The molecule has 7 nitrogen and oxygen atoms in total. The molecule has 21 heavy (non-hydrogen) atoms. The minimum Gasteiger partial charge on any atom is -0.504 e. The molecule has 1 atom stereocenters. The van der Waals surface area contributed by atoms with E-state index in [9.17, 15) is 10.2 Å². The lowest BCUT2D eigenvalue weighted by molar-refractivity contribution is 0.402. The van der Waals surface area contributed by atoms with Gasteiger partial charge in [0, 0.05) is 13.6 Å². The maximum absolute atomic E-state index is 9.49. The maximum atomic E-state index is 9.49. The third kappa shape index (κ3) is 4.01. The molecule has 1 heterocycles. The first-order chi connectivity index (χ1) is 9.95. The van der Waals surface area contributed by atoms with Crippen molar-refractivity contribution in [1.82, 2.24) is 10.2 Å². The minimum atomic E-state index is -0.111. The van der Waals surface area contributed by atoms with Crippen molar-refractivity contribution in [1.29, 1.82) is 0 Å². The van der Waals surface area contributed by atoms with Gasteiger partial charge in [0.1, 0.15) is 0 Å². The number of aliphatic imine (C=N–C) groups is 2. The van der Waals surface area contributed by atoms with Crippen LogP contribution in [0.2, 0.25) is 0 Å². The number of hydrogen-bond donors (Lipinski definition) is 4. The molecule has 1 aromatic carbocycles. The summed E-state index contributed by atoms with van der Waals surface area (Å²) in [6, 6.07) is 4.90. The number of guanidine groups is 2. The Kier molecular flexibility index (Phi) is 4.52. The highest BCUT2D eigenvalue weighted by Gasteiger charge is 2.13. The molecule has 1 aliphatic heterocycles. The molecule has 5 N–H and O–H groups in total. The van der Waals surface area contributed by atoms with E-state index < -0.39 is 0 Å². The summed E-state index contributed by atoms with van der Waals surface area (Å²) in [7, 11) is 1.91. The first kappa shape index (κ1) is 15.0. The van der Waals surface area contributed by atoms with Crippen molar-refractivity contribution in [3.8, 4) is 11.5 Å². The van der Waals surface area contributed by atoms with Crippen molar-refractivity contribution in [2.75, 3.05) is 20.1 Å². The average Bonchev–Trinajstić information content (AvgIpc) is 2.61. The van der Waals surface area contributed by atoms with Crippen molar-refractivity contribution in [3.63, 3.8) is 0 Å². The van der Waals surface area contributed by atoms with E-state index in [1.807, 2.05) is 18.9 Å². The van der Waals surface area contributed by atoms with E-state index in [2.05, 4.69) is 15.3 Å². The smallest absolute Gasteiger partial charge is 0.200 e. The summed E-state index contributed by atoms with van der Waals surface area (Å²) in [6.45, 7) is 3.24. The second kappa shape index (κ2) is 6.34. The van der Waals surface area contributed by atoms with Gasteiger partial charge in [-0.05, 0) is 31.0 Å². The molecule has 0 aromatic heterocycles. The zero-order chi connectivity index (χ0) is 15.4. The minimum absolute atomic E-state index is 0.0775. The zero-order valence-corrected chi connectivity index (χ0v) is 12.2. The molecule has 7 heteroatoms. The number of hydrogen-bond acceptors (Lipinski definition) is 7. The third-order valence-corrected chi connectivity index (χ3v) is 3.25. The molecule has 114 valence electrons. The summed E-state index contributed by atoms with van der Waals surface area (Å²) in [4.78, 5) is 10.6. The molecular formula is C14H21N5O2. The van der Waals surface area contributed by atoms with Crippen LogP contribution >= 0.6 is 0 Å². The molecule has 0 amide bonds. The van der Waals surface area contributed by atoms with Crippen molar-refractivity contribution >= 4 is 11.9 Å². The Bertz CT molecular complexity index is 570. The molecule has 0 aliphatic carbocycles. The normalized spacial score (nSPS) is 18.3. The second-order valence-corrected chi connectivity index (χ2v) is 5.15. The van der Waals surface area contributed by atoms with Gasteiger partial charge >= 0.3 is 0 Å². The van der Waals surface area contributed by atoms with Crippen LogP contribution in [0.1, 0.15) is 12.5 Å². The van der Waals surface area contributed by atoms with E-state index in [1.165, 1.54) is 6.07 Å². The van der Waals surface area contributed by atoms with Gasteiger partial charge in [-0.3, -0.25) is 10.3 Å². The van der Waals surface area contributed by atoms with Gasteiger partial charge in [0.25, 0.3) is 0 Å².